The third kappa shape index (κ3) is 5.06. The van der Waals surface area contributed by atoms with Crippen LogP contribution in [0.15, 0.2) is 47.5 Å². The number of hydrogen-bond donors (Lipinski definition) is 1. The molecule has 3 heterocycles. The summed E-state index contributed by atoms with van der Waals surface area (Å²) in [4.78, 5) is 26.6. The molecular formula is C21H22N8O6S. The molecule has 1 aromatic carbocycles. The minimum Gasteiger partial charge on any atom is -0.352 e. The SMILES string of the molecule is Cc1ccnc(Nc2ccc(N3CCN(S(=O)(=O)c4cc([N+](=O)[O-])c(C)c([N+](=O)[O-])c4)CC3)nn2)c1. The minimum absolute atomic E-state index is 0.0622. The van der Waals surface area contributed by atoms with Crippen molar-refractivity contribution in [1.82, 2.24) is 19.5 Å². The lowest BCUT2D eigenvalue weighted by Crippen LogP contribution is -2.49. The van der Waals surface area contributed by atoms with Gasteiger partial charge in [-0.25, -0.2) is 13.4 Å². The molecule has 0 unspecified atom stereocenters. The van der Waals surface area contributed by atoms with Crippen molar-refractivity contribution >= 4 is 38.9 Å². The quantitative estimate of drug-likeness (QED) is 0.362. The average Bonchev–Trinajstić information content (AvgIpc) is 2.84. The van der Waals surface area contributed by atoms with Gasteiger partial charge >= 0.3 is 0 Å². The maximum atomic E-state index is 13.2. The summed E-state index contributed by atoms with van der Waals surface area (Å²) in [6.07, 6.45) is 1.68. The Labute approximate surface area is 205 Å². The van der Waals surface area contributed by atoms with E-state index >= 15 is 0 Å². The number of benzene rings is 1. The number of anilines is 3. The number of aryl methyl sites for hydroxylation is 1. The van der Waals surface area contributed by atoms with Crippen LogP contribution in [0.3, 0.4) is 0 Å². The molecule has 0 saturated carbocycles. The molecule has 0 bridgehead atoms. The van der Waals surface area contributed by atoms with E-state index in [4.69, 9.17) is 0 Å². The van der Waals surface area contributed by atoms with Crippen molar-refractivity contribution in [2.75, 3.05) is 36.4 Å². The molecule has 15 heteroatoms. The van der Waals surface area contributed by atoms with Gasteiger partial charge in [0.15, 0.2) is 11.6 Å². The third-order valence-corrected chi connectivity index (χ3v) is 7.62. The van der Waals surface area contributed by atoms with Gasteiger partial charge in [0.25, 0.3) is 11.4 Å². The Morgan fingerprint density at radius 1 is 0.889 bits per heavy atom. The molecule has 1 aliphatic rings. The Bertz CT molecular complexity index is 1390. The summed E-state index contributed by atoms with van der Waals surface area (Å²) >= 11 is 0. The fraction of sp³-hybridized carbons (Fsp3) is 0.286. The van der Waals surface area contributed by atoms with Crippen LogP contribution in [-0.2, 0) is 10.0 Å². The summed E-state index contributed by atoms with van der Waals surface area (Å²) in [5.41, 5.74) is -0.402. The number of hydrogen-bond acceptors (Lipinski definition) is 11. The van der Waals surface area contributed by atoms with Gasteiger partial charge in [0.05, 0.1) is 14.7 Å². The number of piperazine rings is 1. The highest BCUT2D eigenvalue weighted by Gasteiger charge is 2.33. The fourth-order valence-electron chi connectivity index (χ4n) is 3.79. The molecule has 36 heavy (non-hydrogen) atoms. The highest BCUT2D eigenvalue weighted by molar-refractivity contribution is 7.89. The van der Waals surface area contributed by atoms with Crippen LogP contribution in [0.25, 0.3) is 0 Å². The van der Waals surface area contributed by atoms with Crippen molar-refractivity contribution in [1.29, 1.82) is 0 Å². The second-order valence-corrected chi connectivity index (χ2v) is 10.1. The molecule has 0 amide bonds. The Hall–Kier alpha value is -4.24. The Morgan fingerprint density at radius 2 is 1.53 bits per heavy atom. The van der Waals surface area contributed by atoms with Crippen LogP contribution < -0.4 is 10.2 Å². The molecular weight excluding hydrogens is 492 g/mol. The van der Waals surface area contributed by atoms with Crippen molar-refractivity contribution in [3.05, 3.63) is 74.0 Å². The normalized spacial score (nSPS) is 14.4. The summed E-state index contributed by atoms with van der Waals surface area (Å²) < 4.78 is 27.5. The first-order valence-electron chi connectivity index (χ1n) is 10.8. The molecule has 1 saturated heterocycles. The van der Waals surface area contributed by atoms with Crippen molar-refractivity contribution < 1.29 is 18.3 Å². The van der Waals surface area contributed by atoms with Gasteiger partial charge in [-0.15, -0.1) is 10.2 Å². The summed E-state index contributed by atoms with van der Waals surface area (Å²) in [7, 11) is -4.20. The second kappa shape index (κ2) is 9.79. The molecule has 0 atom stereocenters. The van der Waals surface area contributed by atoms with E-state index in [2.05, 4.69) is 20.5 Å². The Balaban J connectivity index is 1.47. The topological polar surface area (TPSA) is 178 Å². The van der Waals surface area contributed by atoms with Crippen molar-refractivity contribution in [3.8, 4) is 0 Å². The van der Waals surface area contributed by atoms with Crippen molar-refractivity contribution in [3.63, 3.8) is 0 Å². The predicted molar refractivity (Wildman–Crippen MR) is 130 cm³/mol. The Kier molecular flexibility index (Phi) is 6.76. The van der Waals surface area contributed by atoms with E-state index in [1.807, 2.05) is 24.0 Å². The van der Waals surface area contributed by atoms with E-state index in [1.54, 1.807) is 18.3 Å². The standard InChI is InChI=1S/C21H22N8O6S/c1-14-5-6-22-20(11-14)23-19-3-4-21(25-24-19)26-7-9-27(10-8-26)36(34,35)16-12-17(28(30)31)15(2)18(13-16)29(32)33/h3-6,11-13H,7-10H2,1-2H3,(H,22,23,24). The van der Waals surface area contributed by atoms with Gasteiger partial charge in [-0.3, -0.25) is 20.2 Å². The number of nitrogens with zero attached hydrogens (tertiary/aromatic N) is 7. The monoisotopic (exact) mass is 514 g/mol. The second-order valence-electron chi connectivity index (χ2n) is 8.11. The zero-order valence-electron chi connectivity index (χ0n) is 19.4. The van der Waals surface area contributed by atoms with E-state index < -0.39 is 36.1 Å². The minimum atomic E-state index is -4.20. The maximum Gasteiger partial charge on any atom is 0.280 e. The van der Waals surface area contributed by atoms with Gasteiger partial charge in [0.1, 0.15) is 11.4 Å². The van der Waals surface area contributed by atoms with E-state index in [1.165, 1.54) is 6.92 Å². The van der Waals surface area contributed by atoms with Crippen LogP contribution in [0.2, 0.25) is 0 Å². The molecule has 1 fully saturated rings. The van der Waals surface area contributed by atoms with E-state index in [-0.39, 0.29) is 31.7 Å². The van der Waals surface area contributed by atoms with Gasteiger partial charge in [0, 0.05) is 44.5 Å². The molecule has 0 aliphatic carbocycles. The molecule has 188 valence electrons. The molecule has 1 N–H and O–H groups in total. The lowest BCUT2D eigenvalue weighted by atomic mass is 10.1. The average molecular weight is 515 g/mol. The van der Waals surface area contributed by atoms with Crippen LogP contribution in [0.5, 0.6) is 0 Å². The zero-order valence-corrected chi connectivity index (χ0v) is 20.2. The number of pyridine rings is 1. The van der Waals surface area contributed by atoms with Crippen LogP contribution in [0.4, 0.5) is 28.8 Å². The smallest absolute Gasteiger partial charge is 0.280 e. The van der Waals surface area contributed by atoms with Crippen molar-refractivity contribution in [2.45, 2.75) is 18.7 Å². The largest absolute Gasteiger partial charge is 0.352 e. The molecule has 1 aliphatic heterocycles. The zero-order chi connectivity index (χ0) is 26.0. The van der Waals surface area contributed by atoms with Gasteiger partial charge < -0.3 is 10.2 Å². The summed E-state index contributed by atoms with van der Waals surface area (Å²) in [5, 5.41) is 34.1. The van der Waals surface area contributed by atoms with E-state index in [9.17, 15) is 28.6 Å². The van der Waals surface area contributed by atoms with Gasteiger partial charge in [0.2, 0.25) is 10.0 Å². The molecule has 3 aromatic rings. The fourth-order valence-corrected chi connectivity index (χ4v) is 5.25. The van der Waals surface area contributed by atoms with Crippen LogP contribution in [-0.4, -0.2) is 63.9 Å². The summed E-state index contributed by atoms with van der Waals surface area (Å²) in [6, 6.07) is 8.96. The lowest BCUT2D eigenvalue weighted by Gasteiger charge is -2.34. The molecule has 0 radical (unpaired) electrons. The van der Waals surface area contributed by atoms with E-state index in [0.717, 1.165) is 22.0 Å². The molecule has 4 rings (SSSR count). The van der Waals surface area contributed by atoms with Crippen molar-refractivity contribution in [2.24, 2.45) is 0 Å². The predicted octanol–water partition coefficient (Wildman–Crippen LogP) is 2.56. The summed E-state index contributed by atoms with van der Waals surface area (Å²) in [6.45, 7) is 3.86. The molecule has 2 aromatic heterocycles. The third-order valence-electron chi connectivity index (χ3n) is 5.74. The molecule has 0 spiro atoms. The van der Waals surface area contributed by atoms with Crippen LogP contribution >= 0.6 is 0 Å². The number of nitro benzene ring substituents is 2. The highest BCUT2D eigenvalue weighted by Crippen LogP contribution is 2.33. The number of sulfonamides is 1. The van der Waals surface area contributed by atoms with Crippen LogP contribution in [0, 0.1) is 34.1 Å². The van der Waals surface area contributed by atoms with Gasteiger partial charge in [-0.1, -0.05) is 0 Å². The van der Waals surface area contributed by atoms with Gasteiger partial charge in [-0.05, 0) is 43.7 Å². The maximum absolute atomic E-state index is 13.2. The number of aromatic nitrogens is 3. The first kappa shape index (κ1) is 24.9. The highest BCUT2D eigenvalue weighted by atomic mass is 32.2. The van der Waals surface area contributed by atoms with E-state index in [0.29, 0.717) is 17.5 Å². The molecule has 14 nitrogen and oxygen atoms in total. The lowest BCUT2D eigenvalue weighted by molar-refractivity contribution is -0.395. The first-order chi connectivity index (χ1) is 17.1. The number of nitro groups is 2. The summed E-state index contributed by atoms with van der Waals surface area (Å²) in [5.74, 6) is 1.68. The van der Waals surface area contributed by atoms with Crippen LogP contribution in [0.1, 0.15) is 11.1 Å². The first-order valence-corrected chi connectivity index (χ1v) is 12.2. The Morgan fingerprint density at radius 3 is 2.06 bits per heavy atom. The van der Waals surface area contributed by atoms with Gasteiger partial charge in [-0.2, -0.15) is 4.31 Å². The number of nitrogens with one attached hydrogen (secondary N) is 1. The number of rotatable bonds is 7.